The molecule has 1 fully saturated rings. The summed E-state index contributed by atoms with van der Waals surface area (Å²) in [5, 5.41) is 3.38. The van der Waals surface area contributed by atoms with E-state index in [1.807, 2.05) is 12.4 Å². The van der Waals surface area contributed by atoms with Gasteiger partial charge in [-0.3, -0.25) is 4.98 Å². The molecule has 0 saturated carbocycles. The second kappa shape index (κ2) is 7.02. The SMILES string of the molecule is CCCNCc1cncc(N2CCC(C)(CC)CC2)n1. The van der Waals surface area contributed by atoms with Gasteiger partial charge in [0.25, 0.3) is 0 Å². The summed E-state index contributed by atoms with van der Waals surface area (Å²) in [5.41, 5.74) is 1.56. The molecule has 0 radical (unpaired) electrons. The number of aromatic nitrogens is 2. The van der Waals surface area contributed by atoms with Crippen LogP contribution in [0.3, 0.4) is 0 Å². The molecule has 2 heterocycles. The zero-order chi connectivity index (χ0) is 14.4. The van der Waals surface area contributed by atoms with Gasteiger partial charge < -0.3 is 10.2 Å². The van der Waals surface area contributed by atoms with Gasteiger partial charge >= 0.3 is 0 Å². The summed E-state index contributed by atoms with van der Waals surface area (Å²) >= 11 is 0. The maximum Gasteiger partial charge on any atom is 0.147 e. The minimum Gasteiger partial charge on any atom is -0.355 e. The molecule has 4 nitrogen and oxygen atoms in total. The molecule has 0 spiro atoms. The van der Waals surface area contributed by atoms with Gasteiger partial charge in [-0.2, -0.15) is 0 Å². The molecular formula is C16H28N4. The topological polar surface area (TPSA) is 41.1 Å². The van der Waals surface area contributed by atoms with E-state index < -0.39 is 0 Å². The van der Waals surface area contributed by atoms with Gasteiger partial charge in [-0.25, -0.2) is 4.98 Å². The molecular weight excluding hydrogens is 248 g/mol. The first-order valence-corrected chi connectivity index (χ1v) is 7.93. The molecule has 1 saturated heterocycles. The first kappa shape index (κ1) is 15.2. The second-order valence-electron chi connectivity index (χ2n) is 6.20. The van der Waals surface area contributed by atoms with E-state index in [-0.39, 0.29) is 0 Å². The first-order valence-electron chi connectivity index (χ1n) is 7.93. The molecule has 0 bridgehead atoms. The van der Waals surface area contributed by atoms with Crippen LogP contribution in [0, 0.1) is 5.41 Å². The summed E-state index contributed by atoms with van der Waals surface area (Å²) in [6.07, 6.45) is 8.69. The number of nitrogens with one attached hydrogen (secondary N) is 1. The van der Waals surface area contributed by atoms with Gasteiger partial charge in [-0.1, -0.05) is 27.2 Å². The summed E-state index contributed by atoms with van der Waals surface area (Å²) in [6.45, 7) is 10.9. The van der Waals surface area contributed by atoms with E-state index in [1.54, 1.807) is 0 Å². The Hall–Kier alpha value is -1.16. The Balaban J connectivity index is 1.94. The van der Waals surface area contributed by atoms with Crippen molar-refractivity contribution in [2.45, 2.75) is 53.0 Å². The molecule has 0 aromatic carbocycles. The summed E-state index contributed by atoms with van der Waals surface area (Å²) in [4.78, 5) is 11.5. The van der Waals surface area contributed by atoms with Gasteiger partial charge in [0.2, 0.25) is 0 Å². The van der Waals surface area contributed by atoms with Gasteiger partial charge in [0, 0.05) is 25.8 Å². The minimum atomic E-state index is 0.518. The lowest BCUT2D eigenvalue weighted by molar-refractivity contribution is 0.237. The summed E-state index contributed by atoms with van der Waals surface area (Å²) in [5.74, 6) is 1.04. The van der Waals surface area contributed by atoms with Crippen LogP contribution in [0.5, 0.6) is 0 Å². The summed E-state index contributed by atoms with van der Waals surface area (Å²) < 4.78 is 0. The fourth-order valence-electron chi connectivity index (χ4n) is 2.65. The fraction of sp³-hybridized carbons (Fsp3) is 0.750. The number of anilines is 1. The first-order chi connectivity index (χ1) is 9.67. The van der Waals surface area contributed by atoms with E-state index >= 15 is 0 Å². The number of piperidine rings is 1. The third-order valence-corrected chi connectivity index (χ3v) is 4.55. The Morgan fingerprint density at radius 2 is 2.00 bits per heavy atom. The number of nitrogens with zero attached hydrogens (tertiary/aromatic N) is 3. The lowest BCUT2D eigenvalue weighted by Crippen LogP contribution is -2.39. The Bertz CT molecular complexity index is 411. The largest absolute Gasteiger partial charge is 0.355 e. The number of hydrogen-bond donors (Lipinski definition) is 1. The van der Waals surface area contributed by atoms with Crippen LogP contribution in [-0.2, 0) is 6.54 Å². The van der Waals surface area contributed by atoms with Crippen LogP contribution in [-0.4, -0.2) is 29.6 Å². The molecule has 1 aromatic heterocycles. The van der Waals surface area contributed by atoms with Crippen molar-refractivity contribution < 1.29 is 0 Å². The van der Waals surface area contributed by atoms with Gasteiger partial charge in [-0.05, 0) is 31.2 Å². The third kappa shape index (κ3) is 3.92. The van der Waals surface area contributed by atoms with E-state index in [4.69, 9.17) is 4.98 Å². The molecule has 0 unspecified atom stereocenters. The Labute approximate surface area is 123 Å². The molecule has 4 heteroatoms. The van der Waals surface area contributed by atoms with Gasteiger partial charge in [-0.15, -0.1) is 0 Å². The van der Waals surface area contributed by atoms with E-state index in [9.17, 15) is 0 Å². The monoisotopic (exact) mass is 276 g/mol. The van der Waals surface area contributed by atoms with Crippen LogP contribution >= 0.6 is 0 Å². The van der Waals surface area contributed by atoms with Gasteiger partial charge in [0.1, 0.15) is 5.82 Å². The Kier molecular flexibility index (Phi) is 5.35. The van der Waals surface area contributed by atoms with Crippen LogP contribution in [0.1, 0.15) is 52.1 Å². The zero-order valence-electron chi connectivity index (χ0n) is 13.2. The van der Waals surface area contributed by atoms with E-state index in [0.29, 0.717) is 5.41 Å². The molecule has 1 N–H and O–H groups in total. The molecule has 0 aliphatic carbocycles. The molecule has 112 valence electrons. The summed E-state index contributed by atoms with van der Waals surface area (Å²) in [6, 6.07) is 0. The van der Waals surface area contributed by atoms with Crippen LogP contribution in [0.15, 0.2) is 12.4 Å². The van der Waals surface area contributed by atoms with Crippen LogP contribution < -0.4 is 10.2 Å². The van der Waals surface area contributed by atoms with Crippen molar-refractivity contribution in [1.29, 1.82) is 0 Å². The lowest BCUT2D eigenvalue weighted by atomic mass is 9.78. The number of hydrogen-bond acceptors (Lipinski definition) is 4. The predicted octanol–water partition coefficient (Wildman–Crippen LogP) is 2.99. The highest BCUT2D eigenvalue weighted by molar-refractivity contribution is 5.37. The molecule has 1 aliphatic heterocycles. The van der Waals surface area contributed by atoms with E-state index in [0.717, 1.165) is 44.1 Å². The van der Waals surface area contributed by atoms with E-state index in [1.165, 1.54) is 19.3 Å². The maximum atomic E-state index is 4.74. The Morgan fingerprint density at radius 1 is 1.25 bits per heavy atom. The quantitative estimate of drug-likeness (QED) is 0.811. The highest BCUT2D eigenvalue weighted by Gasteiger charge is 2.28. The van der Waals surface area contributed by atoms with Gasteiger partial charge in [0.15, 0.2) is 0 Å². The molecule has 0 atom stereocenters. The number of rotatable bonds is 6. The highest BCUT2D eigenvalue weighted by atomic mass is 15.2. The normalized spacial score (nSPS) is 18.2. The average molecular weight is 276 g/mol. The average Bonchev–Trinajstić information content (AvgIpc) is 2.49. The standard InChI is InChI=1S/C16H28N4/c1-4-8-17-11-14-12-18-13-15(19-14)20-9-6-16(3,5-2)7-10-20/h12-13,17H,4-11H2,1-3H3. The minimum absolute atomic E-state index is 0.518. The second-order valence-corrected chi connectivity index (χ2v) is 6.20. The molecule has 20 heavy (non-hydrogen) atoms. The molecule has 1 aliphatic rings. The van der Waals surface area contributed by atoms with Crippen molar-refractivity contribution in [3.8, 4) is 0 Å². The van der Waals surface area contributed by atoms with Crippen molar-refractivity contribution in [2.75, 3.05) is 24.5 Å². The van der Waals surface area contributed by atoms with Crippen LogP contribution in [0.25, 0.3) is 0 Å². The van der Waals surface area contributed by atoms with Crippen molar-refractivity contribution in [2.24, 2.45) is 5.41 Å². The van der Waals surface area contributed by atoms with Crippen molar-refractivity contribution in [3.05, 3.63) is 18.1 Å². The molecule has 0 amide bonds. The van der Waals surface area contributed by atoms with Crippen LogP contribution in [0.4, 0.5) is 5.82 Å². The third-order valence-electron chi connectivity index (χ3n) is 4.55. The predicted molar refractivity (Wildman–Crippen MR) is 83.9 cm³/mol. The zero-order valence-corrected chi connectivity index (χ0v) is 13.2. The lowest BCUT2D eigenvalue weighted by Gasteiger charge is -2.39. The van der Waals surface area contributed by atoms with Crippen molar-refractivity contribution >= 4 is 5.82 Å². The van der Waals surface area contributed by atoms with Crippen molar-refractivity contribution in [3.63, 3.8) is 0 Å². The van der Waals surface area contributed by atoms with Crippen molar-refractivity contribution in [1.82, 2.24) is 15.3 Å². The Morgan fingerprint density at radius 3 is 2.65 bits per heavy atom. The maximum absolute atomic E-state index is 4.74. The van der Waals surface area contributed by atoms with E-state index in [2.05, 4.69) is 36.0 Å². The highest BCUT2D eigenvalue weighted by Crippen LogP contribution is 2.34. The van der Waals surface area contributed by atoms with Gasteiger partial charge in [0.05, 0.1) is 11.9 Å². The molecule has 2 rings (SSSR count). The van der Waals surface area contributed by atoms with Crippen LogP contribution in [0.2, 0.25) is 0 Å². The smallest absolute Gasteiger partial charge is 0.147 e. The summed E-state index contributed by atoms with van der Waals surface area (Å²) in [7, 11) is 0. The fourth-order valence-corrected chi connectivity index (χ4v) is 2.65. The molecule has 1 aromatic rings.